The van der Waals surface area contributed by atoms with Gasteiger partial charge in [-0.05, 0) is 23.6 Å². The fourth-order valence-electron chi connectivity index (χ4n) is 4.77. The van der Waals surface area contributed by atoms with Crippen LogP contribution < -0.4 is 0 Å². The summed E-state index contributed by atoms with van der Waals surface area (Å²) in [6, 6.07) is 18.9. The SMILES string of the molecule is O=C(O)CC1CN(Cc2ccccc2)CC1N1CCN(S(=O)(=O)c2ccccc2)CC1. The molecule has 0 saturated carbocycles. The third-order valence-electron chi connectivity index (χ3n) is 6.29. The smallest absolute Gasteiger partial charge is 0.303 e. The van der Waals surface area contributed by atoms with Gasteiger partial charge in [-0.2, -0.15) is 4.31 Å². The Labute approximate surface area is 183 Å². The van der Waals surface area contributed by atoms with E-state index in [0.717, 1.165) is 19.6 Å². The van der Waals surface area contributed by atoms with Gasteiger partial charge in [0, 0.05) is 51.9 Å². The van der Waals surface area contributed by atoms with Crippen LogP contribution in [0.2, 0.25) is 0 Å². The lowest BCUT2D eigenvalue weighted by Gasteiger charge is -2.39. The van der Waals surface area contributed by atoms with Gasteiger partial charge in [-0.15, -0.1) is 0 Å². The molecule has 2 aliphatic rings. The summed E-state index contributed by atoms with van der Waals surface area (Å²) in [5, 5.41) is 9.42. The predicted octanol–water partition coefficient (Wildman–Crippen LogP) is 1.97. The summed E-state index contributed by atoms with van der Waals surface area (Å²) in [4.78, 5) is 16.4. The first kappa shape index (κ1) is 22.0. The van der Waals surface area contributed by atoms with Crippen molar-refractivity contribution in [2.45, 2.75) is 23.9 Å². The van der Waals surface area contributed by atoms with Gasteiger partial charge in [0.05, 0.1) is 11.3 Å². The molecule has 0 amide bonds. The molecule has 8 heteroatoms. The first-order valence-electron chi connectivity index (χ1n) is 10.7. The van der Waals surface area contributed by atoms with Crippen molar-refractivity contribution in [2.24, 2.45) is 5.92 Å². The van der Waals surface area contributed by atoms with Crippen molar-refractivity contribution in [1.29, 1.82) is 0 Å². The van der Waals surface area contributed by atoms with Crippen LogP contribution in [0, 0.1) is 5.92 Å². The minimum absolute atomic E-state index is 0.0403. The molecule has 0 spiro atoms. The topological polar surface area (TPSA) is 81.2 Å². The fraction of sp³-hybridized carbons (Fsp3) is 0.435. The molecule has 1 N–H and O–H groups in total. The summed E-state index contributed by atoms with van der Waals surface area (Å²) in [5.74, 6) is -0.736. The number of aliphatic carboxylic acids is 1. The molecule has 0 aromatic heterocycles. The van der Waals surface area contributed by atoms with Gasteiger partial charge < -0.3 is 5.11 Å². The van der Waals surface area contributed by atoms with Crippen molar-refractivity contribution in [1.82, 2.24) is 14.1 Å². The third-order valence-corrected chi connectivity index (χ3v) is 8.20. The van der Waals surface area contributed by atoms with Crippen LogP contribution in [0.3, 0.4) is 0 Å². The van der Waals surface area contributed by atoms with E-state index in [2.05, 4.69) is 21.9 Å². The number of hydrogen-bond donors (Lipinski definition) is 1. The quantitative estimate of drug-likeness (QED) is 0.705. The molecule has 2 aromatic carbocycles. The normalized spacial score (nSPS) is 23.7. The van der Waals surface area contributed by atoms with Crippen molar-refractivity contribution in [2.75, 3.05) is 39.3 Å². The van der Waals surface area contributed by atoms with Gasteiger partial charge in [-0.1, -0.05) is 48.5 Å². The molecule has 2 atom stereocenters. The van der Waals surface area contributed by atoms with E-state index in [1.807, 2.05) is 18.2 Å². The second-order valence-electron chi connectivity index (χ2n) is 8.36. The standard InChI is InChI=1S/C23H29N3O4S/c27-23(28)15-20-17-24(16-19-7-3-1-4-8-19)18-22(20)25-11-13-26(14-12-25)31(29,30)21-9-5-2-6-10-21/h1-10,20,22H,11-18H2,(H,27,28). The van der Waals surface area contributed by atoms with E-state index < -0.39 is 16.0 Å². The first-order chi connectivity index (χ1) is 14.9. The molecule has 0 radical (unpaired) electrons. The maximum atomic E-state index is 12.9. The Bertz CT molecular complexity index is 976. The summed E-state index contributed by atoms with van der Waals surface area (Å²) in [5.41, 5.74) is 1.22. The van der Waals surface area contributed by atoms with E-state index in [1.54, 1.807) is 34.6 Å². The lowest BCUT2D eigenvalue weighted by molar-refractivity contribution is -0.138. The number of benzene rings is 2. The Morgan fingerprint density at radius 2 is 1.52 bits per heavy atom. The van der Waals surface area contributed by atoms with E-state index in [1.165, 1.54) is 5.56 Å². The van der Waals surface area contributed by atoms with Crippen molar-refractivity contribution in [3.05, 3.63) is 66.2 Å². The summed E-state index contributed by atoms with van der Waals surface area (Å²) in [6.45, 7) is 4.43. The van der Waals surface area contributed by atoms with Crippen LogP contribution in [0.4, 0.5) is 0 Å². The molecule has 2 fully saturated rings. The largest absolute Gasteiger partial charge is 0.481 e. The van der Waals surface area contributed by atoms with Crippen LogP contribution in [0.5, 0.6) is 0 Å². The molecular weight excluding hydrogens is 414 g/mol. The Kier molecular flexibility index (Phi) is 6.71. The first-order valence-corrected chi connectivity index (χ1v) is 12.1. The van der Waals surface area contributed by atoms with Gasteiger partial charge in [0.15, 0.2) is 0 Å². The molecule has 0 bridgehead atoms. The number of hydrogen-bond acceptors (Lipinski definition) is 5. The number of piperazine rings is 1. The van der Waals surface area contributed by atoms with E-state index in [9.17, 15) is 18.3 Å². The number of carboxylic acid groups (broad SMARTS) is 1. The number of sulfonamides is 1. The second kappa shape index (κ2) is 9.48. The number of nitrogens with zero attached hydrogens (tertiary/aromatic N) is 3. The molecule has 4 rings (SSSR count). The number of rotatable bonds is 7. The van der Waals surface area contributed by atoms with Crippen molar-refractivity contribution < 1.29 is 18.3 Å². The highest BCUT2D eigenvalue weighted by atomic mass is 32.2. The Morgan fingerprint density at radius 3 is 2.13 bits per heavy atom. The number of likely N-dealkylation sites (tertiary alicyclic amines) is 1. The molecule has 2 aliphatic heterocycles. The van der Waals surface area contributed by atoms with Gasteiger partial charge in [0.25, 0.3) is 0 Å². The Morgan fingerprint density at radius 1 is 0.903 bits per heavy atom. The van der Waals surface area contributed by atoms with Crippen molar-refractivity contribution in [3.63, 3.8) is 0 Å². The second-order valence-corrected chi connectivity index (χ2v) is 10.3. The van der Waals surface area contributed by atoms with E-state index in [0.29, 0.717) is 31.1 Å². The summed E-state index contributed by atoms with van der Waals surface area (Å²) >= 11 is 0. The van der Waals surface area contributed by atoms with Gasteiger partial charge >= 0.3 is 5.97 Å². The third kappa shape index (κ3) is 5.15. The van der Waals surface area contributed by atoms with Gasteiger partial charge in [-0.3, -0.25) is 14.6 Å². The molecule has 0 aliphatic carbocycles. The minimum atomic E-state index is -3.49. The van der Waals surface area contributed by atoms with Gasteiger partial charge in [-0.25, -0.2) is 8.42 Å². The fourth-order valence-corrected chi connectivity index (χ4v) is 6.21. The van der Waals surface area contributed by atoms with Crippen LogP contribution in [0.1, 0.15) is 12.0 Å². The molecule has 2 saturated heterocycles. The van der Waals surface area contributed by atoms with Crippen LogP contribution in [-0.2, 0) is 21.4 Å². The van der Waals surface area contributed by atoms with Crippen LogP contribution >= 0.6 is 0 Å². The van der Waals surface area contributed by atoms with E-state index >= 15 is 0 Å². The zero-order valence-corrected chi connectivity index (χ0v) is 18.3. The highest BCUT2D eigenvalue weighted by Crippen LogP contribution is 2.28. The maximum absolute atomic E-state index is 12.9. The molecule has 7 nitrogen and oxygen atoms in total. The monoisotopic (exact) mass is 443 g/mol. The van der Waals surface area contributed by atoms with Gasteiger partial charge in [0.1, 0.15) is 0 Å². The van der Waals surface area contributed by atoms with Crippen molar-refractivity contribution >= 4 is 16.0 Å². The molecule has 31 heavy (non-hydrogen) atoms. The summed E-state index contributed by atoms with van der Waals surface area (Å²) < 4.78 is 27.3. The lowest BCUT2D eigenvalue weighted by atomic mass is 9.98. The zero-order chi connectivity index (χ0) is 21.8. The van der Waals surface area contributed by atoms with Crippen molar-refractivity contribution in [3.8, 4) is 0 Å². The molecule has 2 aromatic rings. The molecule has 166 valence electrons. The van der Waals surface area contributed by atoms with E-state index in [4.69, 9.17) is 0 Å². The molecule has 2 unspecified atom stereocenters. The lowest BCUT2D eigenvalue weighted by Crippen LogP contribution is -2.54. The Balaban J connectivity index is 1.41. The minimum Gasteiger partial charge on any atom is -0.481 e. The average Bonchev–Trinajstić information content (AvgIpc) is 3.16. The zero-order valence-electron chi connectivity index (χ0n) is 17.5. The number of carbonyl (C=O) groups is 1. The number of carboxylic acids is 1. The maximum Gasteiger partial charge on any atom is 0.303 e. The van der Waals surface area contributed by atoms with Crippen LogP contribution in [0.15, 0.2) is 65.6 Å². The van der Waals surface area contributed by atoms with E-state index in [-0.39, 0.29) is 18.4 Å². The highest BCUT2D eigenvalue weighted by molar-refractivity contribution is 7.89. The summed E-state index contributed by atoms with van der Waals surface area (Å²) in [6.07, 6.45) is 0.137. The molecule has 2 heterocycles. The van der Waals surface area contributed by atoms with Crippen LogP contribution in [-0.4, -0.2) is 78.9 Å². The average molecular weight is 444 g/mol. The Hall–Kier alpha value is -2.26. The van der Waals surface area contributed by atoms with Gasteiger partial charge in [0.2, 0.25) is 10.0 Å². The van der Waals surface area contributed by atoms with Crippen LogP contribution in [0.25, 0.3) is 0 Å². The highest BCUT2D eigenvalue weighted by Gasteiger charge is 2.40. The summed E-state index contributed by atoms with van der Waals surface area (Å²) in [7, 11) is -3.49. The predicted molar refractivity (Wildman–Crippen MR) is 118 cm³/mol. The molecular formula is C23H29N3O4S.